The van der Waals surface area contributed by atoms with E-state index in [4.69, 9.17) is 5.84 Å². The van der Waals surface area contributed by atoms with Crippen LogP contribution in [-0.2, 0) is 4.79 Å². The lowest BCUT2D eigenvalue weighted by molar-refractivity contribution is -0.117. The van der Waals surface area contributed by atoms with Gasteiger partial charge >= 0.3 is 0 Å². The molecule has 1 aliphatic rings. The van der Waals surface area contributed by atoms with E-state index >= 15 is 0 Å². The van der Waals surface area contributed by atoms with Crippen molar-refractivity contribution in [1.82, 2.24) is 5.43 Å². The highest BCUT2D eigenvalue weighted by molar-refractivity contribution is 6.02. The van der Waals surface area contributed by atoms with Crippen LogP contribution in [0.15, 0.2) is 24.3 Å². The van der Waals surface area contributed by atoms with E-state index < -0.39 is 6.04 Å². The molecule has 1 aromatic carbocycles. The minimum absolute atomic E-state index is 0.0984. The number of anilines is 1. The summed E-state index contributed by atoms with van der Waals surface area (Å²) in [5.41, 5.74) is 4.20. The Hall–Kier alpha value is -1.39. The van der Waals surface area contributed by atoms with E-state index in [0.717, 1.165) is 11.3 Å². The molecule has 0 saturated heterocycles. The van der Waals surface area contributed by atoms with E-state index in [-0.39, 0.29) is 5.91 Å². The molecule has 0 bridgehead atoms. The second-order valence-corrected chi connectivity index (χ2v) is 2.68. The highest BCUT2D eigenvalue weighted by Gasteiger charge is 2.28. The SMILES string of the molecule is NNC1C(=O)Nc2ccccc21. The Bertz CT molecular complexity index is 324. The predicted molar refractivity (Wildman–Crippen MR) is 45.1 cm³/mol. The van der Waals surface area contributed by atoms with Gasteiger partial charge in [-0.25, -0.2) is 5.43 Å². The van der Waals surface area contributed by atoms with E-state index in [0.29, 0.717) is 0 Å². The van der Waals surface area contributed by atoms with Crippen LogP contribution < -0.4 is 16.6 Å². The third-order valence-corrected chi connectivity index (χ3v) is 1.96. The molecule has 0 fully saturated rings. The summed E-state index contributed by atoms with van der Waals surface area (Å²) in [5.74, 6) is 5.13. The zero-order chi connectivity index (χ0) is 8.55. The fourth-order valence-corrected chi connectivity index (χ4v) is 1.37. The normalized spacial score (nSPS) is 20.4. The zero-order valence-corrected chi connectivity index (χ0v) is 6.37. The number of para-hydroxylation sites is 1. The first kappa shape index (κ1) is 7.27. The first-order chi connectivity index (χ1) is 5.83. The van der Waals surface area contributed by atoms with Gasteiger partial charge in [-0.3, -0.25) is 10.6 Å². The minimum Gasteiger partial charge on any atom is -0.324 e. The van der Waals surface area contributed by atoms with Gasteiger partial charge in [0, 0.05) is 11.3 Å². The Morgan fingerprint density at radius 3 is 2.92 bits per heavy atom. The third kappa shape index (κ3) is 0.895. The topological polar surface area (TPSA) is 67.1 Å². The molecule has 2 rings (SSSR count). The van der Waals surface area contributed by atoms with Gasteiger partial charge in [0.1, 0.15) is 6.04 Å². The Kier molecular flexibility index (Phi) is 1.56. The number of hydrogen-bond donors (Lipinski definition) is 3. The average molecular weight is 163 g/mol. The molecular formula is C8H9N3O. The van der Waals surface area contributed by atoms with Crippen LogP contribution in [0.25, 0.3) is 0 Å². The van der Waals surface area contributed by atoms with Crippen molar-refractivity contribution in [3.8, 4) is 0 Å². The summed E-state index contributed by atoms with van der Waals surface area (Å²) in [7, 11) is 0. The smallest absolute Gasteiger partial charge is 0.247 e. The summed E-state index contributed by atoms with van der Waals surface area (Å²) in [4.78, 5) is 11.2. The Morgan fingerprint density at radius 2 is 2.17 bits per heavy atom. The summed E-state index contributed by atoms with van der Waals surface area (Å²) < 4.78 is 0. The molecule has 4 N–H and O–H groups in total. The molecule has 0 spiro atoms. The molecular weight excluding hydrogens is 154 g/mol. The second-order valence-electron chi connectivity index (χ2n) is 2.68. The van der Waals surface area contributed by atoms with Crippen molar-refractivity contribution in [2.75, 3.05) is 5.32 Å². The molecule has 1 amide bonds. The van der Waals surface area contributed by atoms with Crippen LogP contribution in [0.4, 0.5) is 5.69 Å². The number of nitrogens with two attached hydrogens (primary N) is 1. The number of hydrazine groups is 1. The molecule has 62 valence electrons. The van der Waals surface area contributed by atoms with Gasteiger partial charge < -0.3 is 5.32 Å². The summed E-state index contributed by atoms with van der Waals surface area (Å²) in [6.45, 7) is 0. The molecule has 0 radical (unpaired) electrons. The molecule has 1 aliphatic heterocycles. The van der Waals surface area contributed by atoms with Crippen molar-refractivity contribution >= 4 is 11.6 Å². The fraction of sp³-hybridized carbons (Fsp3) is 0.125. The lowest BCUT2D eigenvalue weighted by Crippen LogP contribution is -2.32. The molecule has 0 aromatic heterocycles. The van der Waals surface area contributed by atoms with E-state index in [1.165, 1.54) is 0 Å². The summed E-state index contributed by atoms with van der Waals surface area (Å²) in [5, 5.41) is 2.72. The van der Waals surface area contributed by atoms with Crippen molar-refractivity contribution in [3.63, 3.8) is 0 Å². The predicted octanol–water partition coefficient (Wildman–Crippen LogP) is 0.143. The van der Waals surface area contributed by atoms with Gasteiger partial charge in [0.15, 0.2) is 0 Å². The summed E-state index contributed by atoms with van der Waals surface area (Å²) in [6, 6.07) is 7.07. The van der Waals surface area contributed by atoms with Gasteiger partial charge in [-0.05, 0) is 6.07 Å². The van der Waals surface area contributed by atoms with Crippen molar-refractivity contribution in [2.24, 2.45) is 5.84 Å². The maximum absolute atomic E-state index is 11.2. The van der Waals surface area contributed by atoms with Gasteiger partial charge in [0.2, 0.25) is 5.91 Å². The maximum atomic E-state index is 11.2. The molecule has 1 heterocycles. The van der Waals surface area contributed by atoms with E-state index in [1.807, 2.05) is 24.3 Å². The second kappa shape index (κ2) is 2.58. The average Bonchev–Trinajstić information content (AvgIpc) is 2.40. The fourth-order valence-electron chi connectivity index (χ4n) is 1.37. The Labute approximate surface area is 69.7 Å². The molecule has 0 aliphatic carbocycles. The minimum atomic E-state index is -0.402. The number of nitrogens with one attached hydrogen (secondary N) is 2. The number of carbonyl (C=O) groups excluding carboxylic acids is 1. The van der Waals surface area contributed by atoms with Gasteiger partial charge in [-0.2, -0.15) is 0 Å². The van der Waals surface area contributed by atoms with Crippen molar-refractivity contribution in [2.45, 2.75) is 6.04 Å². The number of amides is 1. The van der Waals surface area contributed by atoms with Crippen LogP contribution in [0.2, 0.25) is 0 Å². The number of carbonyl (C=O) groups is 1. The van der Waals surface area contributed by atoms with Crippen molar-refractivity contribution < 1.29 is 4.79 Å². The number of rotatable bonds is 1. The summed E-state index contributed by atoms with van der Waals surface area (Å²) in [6.07, 6.45) is 0. The Morgan fingerprint density at radius 1 is 1.42 bits per heavy atom. The van der Waals surface area contributed by atoms with Crippen LogP contribution in [0.5, 0.6) is 0 Å². The largest absolute Gasteiger partial charge is 0.324 e. The van der Waals surface area contributed by atoms with E-state index in [9.17, 15) is 4.79 Å². The lowest BCUT2D eigenvalue weighted by Gasteiger charge is -2.04. The molecule has 1 unspecified atom stereocenters. The number of hydrogen-bond acceptors (Lipinski definition) is 3. The molecule has 1 atom stereocenters. The van der Waals surface area contributed by atoms with Gasteiger partial charge in [0.25, 0.3) is 0 Å². The van der Waals surface area contributed by atoms with E-state index in [2.05, 4.69) is 10.7 Å². The molecule has 1 aromatic rings. The standard InChI is InChI=1S/C8H9N3O/c9-11-7-5-3-1-2-4-6(5)10-8(7)12/h1-4,7,11H,9H2,(H,10,12). The van der Waals surface area contributed by atoms with Crippen LogP contribution in [0, 0.1) is 0 Å². The maximum Gasteiger partial charge on any atom is 0.247 e. The lowest BCUT2D eigenvalue weighted by atomic mass is 10.1. The van der Waals surface area contributed by atoms with Crippen LogP contribution in [-0.4, -0.2) is 5.91 Å². The van der Waals surface area contributed by atoms with E-state index in [1.54, 1.807) is 0 Å². The molecule has 4 nitrogen and oxygen atoms in total. The van der Waals surface area contributed by atoms with Crippen LogP contribution >= 0.6 is 0 Å². The Balaban J connectivity index is 2.47. The number of benzene rings is 1. The van der Waals surface area contributed by atoms with Gasteiger partial charge in [-0.15, -0.1) is 0 Å². The molecule has 12 heavy (non-hydrogen) atoms. The van der Waals surface area contributed by atoms with Crippen LogP contribution in [0.1, 0.15) is 11.6 Å². The van der Waals surface area contributed by atoms with Crippen LogP contribution in [0.3, 0.4) is 0 Å². The number of fused-ring (bicyclic) bond motifs is 1. The molecule has 4 heteroatoms. The zero-order valence-electron chi connectivity index (χ0n) is 6.37. The first-order valence-corrected chi connectivity index (χ1v) is 3.69. The van der Waals surface area contributed by atoms with Crippen molar-refractivity contribution in [1.29, 1.82) is 0 Å². The van der Waals surface area contributed by atoms with Crippen molar-refractivity contribution in [3.05, 3.63) is 29.8 Å². The third-order valence-electron chi connectivity index (χ3n) is 1.96. The molecule has 0 saturated carbocycles. The summed E-state index contributed by atoms with van der Waals surface area (Å²) >= 11 is 0. The monoisotopic (exact) mass is 163 g/mol. The highest BCUT2D eigenvalue weighted by Crippen LogP contribution is 2.29. The van der Waals surface area contributed by atoms with Gasteiger partial charge in [-0.1, -0.05) is 18.2 Å². The van der Waals surface area contributed by atoms with Gasteiger partial charge in [0.05, 0.1) is 0 Å². The highest BCUT2D eigenvalue weighted by atomic mass is 16.2. The first-order valence-electron chi connectivity index (χ1n) is 3.69. The quantitative estimate of drug-likeness (QED) is 0.407.